The van der Waals surface area contributed by atoms with Crippen molar-refractivity contribution in [1.29, 1.82) is 0 Å². The fourth-order valence-corrected chi connectivity index (χ4v) is 0.862. The minimum atomic E-state index is -1.21. The minimum absolute atomic E-state index is 0.245. The highest BCUT2D eigenvalue weighted by atomic mass is 16.5. The average molecular weight is 167 g/mol. The third-order valence-electron chi connectivity index (χ3n) is 1.43. The first kappa shape index (κ1) is 8.67. The van der Waals surface area contributed by atoms with Crippen LogP contribution in [0.4, 0.5) is 0 Å². The van der Waals surface area contributed by atoms with Crippen LogP contribution in [-0.4, -0.2) is 23.5 Å². The fraction of sp³-hybridized carbons (Fsp3) is 0.250. The molecule has 1 rings (SSSR count). The van der Waals surface area contributed by atoms with Gasteiger partial charge in [0.05, 0.1) is 7.11 Å². The predicted molar refractivity (Wildman–Crippen MR) is 41.8 cm³/mol. The Bertz CT molecular complexity index is 275. The molecule has 0 aliphatic rings. The van der Waals surface area contributed by atoms with E-state index in [4.69, 9.17) is 9.84 Å². The topological polar surface area (TPSA) is 59.4 Å². The molecule has 0 saturated carbocycles. The molecule has 1 atom stereocenters. The van der Waals surface area contributed by atoms with Crippen LogP contribution in [0.5, 0.6) is 5.75 Å². The molecule has 1 heterocycles. The van der Waals surface area contributed by atoms with Crippen molar-refractivity contribution in [3.8, 4) is 5.75 Å². The van der Waals surface area contributed by atoms with Gasteiger partial charge in [0.25, 0.3) is 0 Å². The molecule has 12 heavy (non-hydrogen) atoms. The fourth-order valence-electron chi connectivity index (χ4n) is 0.862. The number of aldehydes is 1. The van der Waals surface area contributed by atoms with Crippen LogP contribution in [0, 0.1) is 0 Å². The molecule has 4 heteroatoms. The molecular formula is C8H9NO3. The number of nitrogens with zero attached hydrogens (tertiary/aromatic N) is 1. The summed E-state index contributed by atoms with van der Waals surface area (Å²) in [5.41, 5.74) is 0.245. The maximum Gasteiger partial charge on any atom is 0.155 e. The van der Waals surface area contributed by atoms with E-state index in [2.05, 4.69) is 4.98 Å². The minimum Gasteiger partial charge on any atom is -0.495 e. The van der Waals surface area contributed by atoms with E-state index in [1.54, 1.807) is 12.1 Å². The van der Waals surface area contributed by atoms with Gasteiger partial charge in [-0.05, 0) is 12.1 Å². The van der Waals surface area contributed by atoms with E-state index in [1.807, 2.05) is 0 Å². The van der Waals surface area contributed by atoms with Gasteiger partial charge >= 0.3 is 0 Å². The molecular weight excluding hydrogens is 158 g/mol. The van der Waals surface area contributed by atoms with E-state index in [0.29, 0.717) is 12.0 Å². The van der Waals surface area contributed by atoms with Crippen LogP contribution < -0.4 is 4.74 Å². The number of carbonyl (C=O) groups excluding carboxylic acids is 1. The second-order valence-corrected chi connectivity index (χ2v) is 2.17. The quantitative estimate of drug-likeness (QED) is 0.659. The molecule has 64 valence electrons. The monoisotopic (exact) mass is 167 g/mol. The second-order valence-electron chi connectivity index (χ2n) is 2.17. The van der Waals surface area contributed by atoms with E-state index < -0.39 is 6.10 Å². The molecule has 4 nitrogen and oxygen atoms in total. The Balaban J connectivity index is 3.04. The summed E-state index contributed by atoms with van der Waals surface area (Å²) in [5, 5.41) is 9.13. The third-order valence-corrected chi connectivity index (χ3v) is 1.43. The van der Waals surface area contributed by atoms with E-state index in [1.165, 1.54) is 13.3 Å². The molecule has 0 spiro atoms. The lowest BCUT2D eigenvalue weighted by Crippen LogP contribution is -2.03. The number of aromatic nitrogens is 1. The molecule has 1 aromatic heterocycles. The van der Waals surface area contributed by atoms with Gasteiger partial charge in [-0.25, -0.2) is 0 Å². The zero-order valence-electron chi connectivity index (χ0n) is 6.60. The lowest BCUT2D eigenvalue weighted by molar-refractivity contribution is -0.115. The van der Waals surface area contributed by atoms with Crippen molar-refractivity contribution >= 4 is 6.29 Å². The van der Waals surface area contributed by atoms with Crippen LogP contribution in [0.3, 0.4) is 0 Å². The van der Waals surface area contributed by atoms with Crippen LogP contribution in [-0.2, 0) is 4.79 Å². The standard InChI is InChI=1S/C8H9NO3/c1-12-7-3-2-4-9-8(7)6(11)5-10/h2-6,11H,1H3. The number of ether oxygens (including phenoxy) is 1. The molecule has 1 N–H and O–H groups in total. The number of pyridine rings is 1. The van der Waals surface area contributed by atoms with Crippen LogP contribution in [0.15, 0.2) is 18.3 Å². The van der Waals surface area contributed by atoms with Crippen molar-refractivity contribution in [2.75, 3.05) is 7.11 Å². The number of aliphatic hydroxyl groups excluding tert-OH is 1. The first-order chi connectivity index (χ1) is 5.79. The highest BCUT2D eigenvalue weighted by Gasteiger charge is 2.12. The summed E-state index contributed by atoms with van der Waals surface area (Å²) in [7, 11) is 1.46. The molecule has 0 aromatic carbocycles. The predicted octanol–water partition coefficient (Wildman–Crippen LogP) is 0.322. The van der Waals surface area contributed by atoms with Crippen molar-refractivity contribution in [3.05, 3.63) is 24.0 Å². The summed E-state index contributed by atoms with van der Waals surface area (Å²) >= 11 is 0. The van der Waals surface area contributed by atoms with Gasteiger partial charge < -0.3 is 14.6 Å². The van der Waals surface area contributed by atoms with Crippen molar-refractivity contribution in [2.24, 2.45) is 0 Å². The van der Waals surface area contributed by atoms with Gasteiger partial charge in [0.1, 0.15) is 11.4 Å². The van der Waals surface area contributed by atoms with Crippen molar-refractivity contribution in [1.82, 2.24) is 4.98 Å². The summed E-state index contributed by atoms with van der Waals surface area (Å²) in [6, 6.07) is 3.30. The van der Waals surface area contributed by atoms with Gasteiger partial charge in [-0.3, -0.25) is 4.98 Å². The summed E-state index contributed by atoms with van der Waals surface area (Å²) in [5.74, 6) is 0.414. The summed E-state index contributed by atoms with van der Waals surface area (Å²) in [4.78, 5) is 14.0. The molecule has 0 aliphatic carbocycles. The summed E-state index contributed by atoms with van der Waals surface area (Å²) in [6.45, 7) is 0. The van der Waals surface area contributed by atoms with Gasteiger partial charge in [-0.2, -0.15) is 0 Å². The Morgan fingerprint density at radius 1 is 1.75 bits per heavy atom. The van der Waals surface area contributed by atoms with Gasteiger partial charge in [0.2, 0.25) is 0 Å². The Kier molecular flexibility index (Phi) is 2.76. The highest BCUT2D eigenvalue weighted by Crippen LogP contribution is 2.20. The highest BCUT2D eigenvalue weighted by molar-refractivity contribution is 5.60. The largest absolute Gasteiger partial charge is 0.495 e. The average Bonchev–Trinajstić information content (AvgIpc) is 2.16. The van der Waals surface area contributed by atoms with E-state index in [0.717, 1.165) is 0 Å². The number of aliphatic hydroxyl groups is 1. The Morgan fingerprint density at radius 2 is 2.50 bits per heavy atom. The van der Waals surface area contributed by atoms with Crippen LogP contribution in [0.2, 0.25) is 0 Å². The SMILES string of the molecule is COc1cccnc1C(O)C=O. The maximum atomic E-state index is 10.2. The Morgan fingerprint density at radius 3 is 3.08 bits per heavy atom. The lowest BCUT2D eigenvalue weighted by atomic mass is 10.2. The molecule has 0 bridgehead atoms. The lowest BCUT2D eigenvalue weighted by Gasteiger charge is -2.07. The van der Waals surface area contributed by atoms with E-state index in [9.17, 15) is 4.79 Å². The third kappa shape index (κ3) is 1.60. The van der Waals surface area contributed by atoms with E-state index in [-0.39, 0.29) is 5.69 Å². The van der Waals surface area contributed by atoms with Gasteiger partial charge in [-0.1, -0.05) is 0 Å². The summed E-state index contributed by atoms with van der Waals surface area (Å²) < 4.78 is 4.89. The number of carbonyl (C=O) groups is 1. The first-order valence-corrected chi connectivity index (χ1v) is 3.42. The zero-order valence-corrected chi connectivity index (χ0v) is 6.60. The molecule has 0 aliphatic heterocycles. The normalized spacial score (nSPS) is 12.2. The number of hydrogen-bond acceptors (Lipinski definition) is 4. The van der Waals surface area contributed by atoms with Crippen LogP contribution in [0.25, 0.3) is 0 Å². The van der Waals surface area contributed by atoms with Crippen molar-refractivity contribution in [2.45, 2.75) is 6.10 Å². The van der Waals surface area contributed by atoms with E-state index >= 15 is 0 Å². The molecule has 0 amide bonds. The van der Waals surface area contributed by atoms with Crippen LogP contribution >= 0.6 is 0 Å². The first-order valence-electron chi connectivity index (χ1n) is 3.42. The zero-order chi connectivity index (χ0) is 8.97. The molecule has 0 radical (unpaired) electrons. The second kappa shape index (κ2) is 3.82. The van der Waals surface area contributed by atoms with Gasteiger partial charge in [0, 0.05) is 6.20 Å². The Labute approximate surface area is 69.8 Å². The number of rotatable bonds is 3. The Hall–Kier alpha value is -1.42. The molecule has 0 fully saturated rings. The number of methoxy groups -OCH3 is 1. The summed E-state index contributed by atoms with van der Waals surface area (Å²) in [6.07, 6.45) is 0.691. The van der Waals surface area contributed by atoms with Crippen molar-refractivity contribution < 1.29 is 14.6 Å². The maximum absolute atomic E-state index is 10.2. The van der Waals surface area contributed by atoms with Gasteiger partial charge in [-0.15, -0.1) is 0 Å². The van der Waals surface area contributed by atoms with Crippen molar-refractivity contribution in [3.63, 3.8) is 0 Å². The smallest absolute Gasteiger partial charge is 0.155 e. The molecule has 0 saturated heterocycles. The molecule has 1 aromatic rings. The van der Waals surface area contributed by atoms with Crippen LogP contribution in [0.1, 0.15) is 11.8 Å². The van der Waals surface area contributed by atoms with Gasteiger partial charge in [0.15, 0.2) is 12.4 Å². The molecule has 1 unspecified atom stereocenters. The number of hydrogen-bond donors (Lipinski definition) is 1.